The molecular weight excluding hydrogens is 280 g/mol. The molecular formula is C10H9BrO5. The SMILES string of the molecule is COC(=O)C(O)c1ccc(Br)c2c1OCO2. The molecule has 0 saturated heterocycles. The predicted octanol–water partition coefficient (Wildman–Crippen LogP) is 1.38. The first-order valence-corrected chi connectivity index (χ1v) is 5.28. The number of fused-ring (bicyclic) bond motifs is 1. The molecule has 1 unspecified atom stereocenters. The maximum absolute atomic E-state index is 11.2. The monoisotopic (exact) mass is 288 g/mol. The maximum atomic E-state index is 11.2. The van der Waals surface area contributed by atoms with Gasteiger partial charge in [0.2, 0.25) is 6.79 Å². The van der Waals surface area contributed by atoms with Gasteiger partial charge in [-0.2, -0.15) is 0 Å². The van der Waals surface area contributed by atoms with E-state index in [2.05, 4.69) is 20.7 Å². The summed E-state index contributed by atoms with van der Waals surface area (Å²) >= 11 is 3.28. The van der Waals surface area contributed by atoms with Gasteiger partial charge >= 0.3 is 5.97 Å². The molecule has 0 fully saturated rings. The Labute approximate surface area is 100 Å². The van der Waals surface area contributed by atoms with E-state index in [0.29, 0.717) is 21.5 Å². The highest BCUT2D eigenvalue weighted by atomic mass is 79.9. The van der Waals surface area contributed by atoms with E-state index >= 15 is 0 Å². The molecule has 0 bridgehead atoms. The Hall–Kier alpha value is -1.27. The van der Waals surface area contributed by atoms with Crippen LogP contribution in [0.5, 0.6) is 11.5 Å². The molecule has 0 aliphatic carbocycles. The average molecular weight is 289 g/mol. The third-order valence-corrected chi connectivity index (χ3v) is 2.84. The number of aliphatic hydroxyl groups is 1. The number of rotatable bonds is 2. The molecule has 0 saturated carbocycles. The summed E-state index contributed by atoms with van der Waals surface area (Å²) in [4.78, 5) is 11.2. The lowest BCUT2D eigenvalue weighted by Gasteiger charge is -2.11. The van der Waals surface area contributed by atoms with Crippen molar-refractivity contribution in [2.75, 3.05) is 13.9 Å². The van der Waals surface area contributed by atoms with Crippen LogP contribution in [0.2, 0.25) is 0 Å². The highest BCUT2D eigenvalue weighted by molar-refractivity contribution is 9.10. The van der Waals surface area contributed by atoms with E-state index in [1.54, 1.807) is 12.1 Å². The second-order valence-electron chi connectivity index (χ2n) is 3.13. The van der Waals surface area contributed by atoms with Crippen molar-refractivity contribution >= 4 is 21.9 Å². The van der Waals surface area contributed by atoms with Crippen molar-refractivity contribution in [1.82, 2.24) is 0 Å². The fourth-order valence-corrected chi connectivity index (χ4v) is 1.87. The van der Waals surface area contributed by atoms with Crippen LogP contribution in [-0.4, -0.2) is 25.0 Å². The topological polar surface area (TPSA) is 65.0 Å². The van der Waals surface area contributed by atoms with Crippen LogP contribution in [0.15, 0.2) is 16.6 Å². The number of carbonyl (C=O) groups is 1. The van der Waals surface area contributed by atoms with Crippen molar-refractivity contribution in [2.45, 2.75) is 6.10 Å². The second kappa shape index (κ2) is 4.31. The molecule has 0 amide bonds. The molecule has 0 spiro atoms. The molecule has 1 heterocycles. The van der Waals surface area contributed by atoms with Crippen LogP contribution < -0.4 is 9.47 Å². The number of aliphatic hydroxyl groups excluding tert-OH is 1. The summed E-state index contributed by atoms with van der Waals surface area (Å²) in [6.45, 7) is 0.0683. The fraction of sp³-hybridized carbons (Fsp3) is 0.300. The van der Waals surface area contributed by atoms with Crippen LogP contribution in [0.25, 0.3) is 0 Å². The molecule has 16 heavy (non-hydrogen) atoms. The van der Waals surface area contributed by atoms with E-state index in [-0.39, 0.29) is 6.79 Å². The molecule has 0 aromatic heterocycles. The van der Waals surface area contributed by atoms with Gasteiger partial charge in [0, 0.05) is 5.56 Å². The molecule has 6 heteroatoms. The van der Waals surface area contributed by atoms with Gasteiger partial charge in [-0.1, -0.05) is 6.07 Å². The zero-order valence-corrected chi connectivity index (χ0v) is 9.98. The van der Waals surface area contributed by atoms with E-state index in [1.165, 1.54) is 7.11 Å². The summed E-state index contributed by atoms with van der Waals surface area (Å²) in [5, 5.41) is 9.72. The third-order valence-electron chi connectivity index (χ3n) is 2.22. The maximum Gasteiger partial charge on any atom is 0.339 e. The molecule has 1 N–H and O–H groups in total. The molecule has 1 atom stereocenters. The lowest BCUT2D eigenvalue weighted by molar-refractivity contribution is -0.150. The number of hydrogen-bond acceptors (Lipinski definition) is 5. The van der Waals surface area contributed by atoms with E-state index in [9.17, 15) is 9.90 Å². The Morgan fingerprint density at radius 1 is 1.50 bits per heavy atom. The average Bonchev–Trinajstić information content (AvgIpc) is 2.77. The van der Waals surface area contributed by atoms with E-state index in [0.717, 1.165) is 0 Å². The van der Waals surface area contributed by atoms with Gasteiger partial charge < -0.3 is 19.3 Å². The number of methoxy groups -OCH3 is 1. The molecule has 0 radical (unpaired) electrons. The minimum Gasteiger partial charge on any atom is -0.467 e. The van der Waals surface area contributed by atoms with Gasteiger partial charge in [0.15, 0.2) is 17.6 Å². The zero-order chi connectivity index (χ0) is 11.7. The van der Waals surface area contributed by atoms with Crippen molar-refractivity contribution in [2.24, 2.45) is 0 Å². The predicted molar refractivity (Wildman–Crippen MR) is 57.2 cm³/mol. The first-order valence-electron chi connectivity index (χ1n) is 4.49. The summed E-state index contributed by atoms with van der Waals surface area (Å²) in [5.74, 6) is 0.118. The lowest BCUT2D eigenvalue weighted by atomic mass is 10.1. The number of halogens is 1. The van der Waals surface area contributed by atoms with Gasteiger partial charge in [0.1, 0.15) is 0 Å². The van der Waals surface area contributed by atoms with Crippen molar-refractivity contribution in [3.05, 3.63) is 22.2 Å². The largest absolute Gasteiger partial charge is 0.467 e. The Morgan fingerprint density at radius 3 is 2.88 bits per heavy atom. The molecule has 1 aliphatic heterocycles. The number of hydrogen-bond donors (Lipinski definition) is 1. The normalized spacial score (nSPS) is 14.7. The van der Waals surface area contributed by atoms with Crippen LogP contribution in [0.4, 0.5) is 0 Å². The summed E-state index contributed by atoms with van der Waals surface area (Å²) < 4.78 is 15.6. The first-order chi connectivity index (χ1) is 7.65. The number of carbonyl (C=O) groups excluding carboxylic acids is 1. The number of esters is 1. The van der Waals surface area contributed by atoms with Crippen molar-refractivity contribution in [3.63, 3.8) is 0 Å². The molecule has 1 aliphatic rings. The van der Waals surface area contributed by atoms with Gasteiger partial charge in [-0.3, -0.25) is 0 Å². The molecule has 5 nitrogen and oxygen atoms in total. The Kier molecular flexibility index (Phi) is 3.02. The first kappa shape index (κ1) is 11.2. The van der Waals surface area contributed by atoms with Gasteiger partial charge in [-0.25, -0.2) is 4.79 Å². The summed E-state index contributed by atoms with van der Waals surface area (Å²) in [7, 11) is 1.21. The van der Waals surface area contributed by atoms with E-state index in [4.69, 9.17) is 9.47 Å². The van der Waals surface area contributed by atoms with Crippen LogP contribution in [0.1, 0.15) is 11.7 Å². The quantitative estimate of drug-likeness (QED) is 0.833. The molecule has 2 rings (SSSR count). The number of benzene rings is 1. The van der Waals surface area contributed by atoms with Crippen molar-refractivity contribution < 1.29 is 24.1 Å². The van der Waals surface area contributed by atoms with Gasteiger partial charge in [0.25, 0.3) is 0 Å². The summed E-state index contributed by atoms with van der Waals surface area (Å²) in [6, 6.07) is 3.26. The van der Waals surface area contributed by atoms with Crippen molar-refractivity contribution in [3.8, 4) is 11.5 Å². The van der Waals surface area contributed by atoms with Crippen LogP contribution in [-0.2, 0) is 9.53 Å². The van der Waals surface area contributed by atoms with Gasteiger partial charge in [-0.05, 0) is 22.0 Å². The van der Waals surface area contributed by atoms with Gasteiger partial charge in [0.05, 0.1) is 11.6 Å². The highest BCUT2D eigenvalue weighted by Crippen LogP contribution is 2.43. The second-order valence-corrected chi connectivity index (χ2v) is 3.98. The third kappa shape index (κ3) is 1.74. The number of ether oxygens (including phenoxy) is 3. The molecule has 1 aromatic rings. The molecule has 86 valence electrons. The highest BCUT2D eigenvalue weighted by Gasteiger charge is 2.28. The Balaban J connectivity index is 2.43. The van der Waals surface area contributed by atoms with Crippen LogP contribution in [0, 0.1) is 0 Å². The Bertz CT molecular complexity index is 431. The van der Waals surface area contributed by atoms with Crippen molar-refractivity contribution in [1.29, 1.82) is 0 Å². The summed E-state index contributed by atoms with van der Waals surface area (Å²) in [5.41, 5.74) is 0.336. The Morgan fingerprint density at radius 2 is 2.19 bits per heavy atom. The lowest BCUT2D eigenvalue weighted by Crippen LogP contribution is -2.14. The van der Waals surface area contributed by atoms with E-state index in [1.807, 2.05) is 0 Å². The van der Waals surface area contributed by atoms with E-state index < -0.39 is 12.1 Å². The standard InChI is InChI=1S/C10H9BrO5/c1-14-10(13)7(12)5-2-3-6(11)9-8(5)15-4-16-9/h2-3,7,12H,4H2,1H3. The fourth-order valence-electron chi connectivity index (χ4n) is 1.44. The smallest absolute Gasteiger partial charge is 0.339 e. The zero-order valence-electron chi connectivity index (χ0n) is 8.40. The minimum atomic E-state index is -1.37. The van der Waals surface area contributed by atoms with Crippen LogP contribution in [0.3, 0.4) is 0 Å². The summed E-state index contributed by atoms with van der Waals surface area (Å²) in [6.07, 6.45) is -1.37. The minimum absolute atomic E-state index is 0.0683. The molecule has 1 aromatic carbocycles. The van der Waals surface area contributed by atoms with Crippen LogP contribution >= 0.6 is 15.9 Å². The van der Waals surface area contributed by atoms with Gasteiger partial charge in [-0.15, -0.1) is 0 Å².